The van der Waals surface area contributed by atoms with E-state index < -0.39 is 24.2 Å². The highest BCUT2D eigenvalue weighted by Gasteiger charge is 2.41. The molecule has 0 aromatic carbocycles. The van der Waals surface area contributed by atoms with E-state index in [-0.39, 0.29) is 18.9 Å². The molecule has 1 unspecified atom stereocenters. The zero-order chi connectivity index (χ0) is 22.1. The number of esters is 1. The molecule has 1 atom stereocenters. The van der Waals surface area contributed by atoms with Crippen molar-refractivity contribution in [3.05, 3.63) is 0 Å². The molecule has 0 saturated heterocycles. The van der Waals surface area contributed by atoms with Crippen LogP contribution in [0.4, 0.5) is 13.2 Å². The molecule has 9 heteroatoms. The van der Waals surface area contributed by atoms with Crippen LogP contribution in [-0.2, 0) is 19.1 Å². The highest BCUT2D eigenvalue weighted by molar-refractivity contribution is 5.76. The van der Waals surface area contributed by atoms with Gasteiger partial charge in [0.1, 0.15) is 0 Å². The summed E-state index contributed by atoms with van der Waals surface area (Å²) in [7, 11) is 0. The third-order valence-electron chi connectivity index (χ3n) is 4.47. The minimum absolute atomic E-state index is 0.0592. The molecule has 0 saturated carbocycles. The SMILES string of the molecule is CC(CCCCCCCCCCCCC(=O)NCCC(=O)O)OC(=O)C(F)(F)F. The second-order valence-electron chi connectivity index (χ2n) is 7.28. The number of hydrogen-bond acceptors (Lipinski definition) is 4. The maximum absolute atomic E-state index is 12.1. The normalized spacial score (nSPS) is 12.4. The van der Waals surface area contributed by atoms with Crippen molar-refractivity contribution in [3.8, 4) is 0 Å². The molecule has 2 N–H and O–H groups in total. The quantitative estimate of drug-likeness (QED) is 0.259. The van der Waals surface area contributed by atoms with Crippen molar-refractivity contribution in [3.63, 3.8) is 0 Å². The number of hydrogen-bond donors (Lipinski definition) is 2. The third kappa shape index (κ3) is 18.0. The first-order valence-corrected chi connectivity index (χ1v) is 10.4. The van der Waals surface area contributed by atoms with Gasteiger partial charge in [0.15, 0.2) is 0 Å². The number of carboxylic acids is 1. The predicted octanol–water partition coefficient (Wildman–Crippen LogP) is 4.75. The van der Waals surface area contributed by atoms with Gasteiger partial charge in [-0.2, -0.15) is 13.2 Å². The Balaban J connectivity index is 3.36. The van der Waals surface area contributed by atoms with Crippen LogP contribution in [0.5, 0.6) is 0 Å². The molecule has 0 heterocycles. The van der Waals surface area contributed by atoms with Crippen LogP contribution in [0.15, 0.2) is 0 Å². The van der Waals surface area contributed by atoms with Gasteiger partial charge in [0.2, 0.25) is 5.91 Å². The maximum atomic E-state index is 12.1. The monoisotopic (exact) mass is 425 g/mol. The van der Waals surface area contributed by atoms with Gasteiger partial charge >= 0.3 is 18.1 Å². The molecule has 0 aliphatic rings. The zero-order valence-electron chi connectivity index (χ0n) is 17.2. The van der Waals surface area contributed by atoms with Crippen molar-refractivity contribution in [1.82, 2.24) is 5.32 Å². The number of amides is 1. The summed E-state index contributed by atoms with van der Waals surface area (Å²) in [5.74, 6) is -3.15. The summed E-state index contributed by atoms with van der Waals surface area (Å²) in [6.07, 6.45) is 5.04. The Labute approximate surface area is 170 Å². The van der Waals surface area contributed by atoms with Gasteiger partial charge in [0, 0.05) is 13.0 Å². The number of ether oxygens (including phenoxy) is 1. The summed E-state index contributed by atoms with van der Waals surface area (Å²) in [4.78, 5) is 32.5. The average molecular weight is 425 g/mol. The first-order chi connectivity index (χ1) is 13.6. The van der Waals surface area contributed by atoms with E-state index in [0.717, 1.165) is 64.2 Å². The summed E-state index contributed by atoms with van der Waals surface area (Å²) >= 11 is 0. The molecule has 6 nitrogen and oxygen atoms in total. The van der Waals surface area contributed by atoms with Gasteiger partial charge in [-0.05, 0) is 26.2 Å². The van der Waals surface area contributed by atoms with Crippen LogP contribution < -0.4 is 5.32 Å². The first kappa shape index (κ1) is 27.2. The van der Waals surface area contributed by atoms with Crippen molar-refractivity contribution in [2.45, 2.75) is 103 Å². The minimum atomic E-state index is -4.93. The molecule has 0 rings (SSSR count). The van der Waals surface area contributed by atoms with Gasteiger partial charge in [-0.15, -0.1) is 0 Å². The van der Waals surface area contributed by atoms with Gasteiger partial charge in [-0.3, -0.25) is 9.59 Å². The number of alkyl halides is 3. The predicted molar refractivity (Wildman–Crippen MR) is 102 cm³/mol. The minimum Gasteiger partial charge on any atom is -0.481 e. The summed E-state index contributed by atoms with van der Waals surface area (Å²) < 4.78 is 40.5. The topological polar surface area (TPSA) is 92.7 Å². The number of carbonyl (C=O) groups excluding carboxylic acids is 2. The van der Waals surface area contributed by atoms with E-state index in [9.17, 15) is 27.6 Å². The molecule has 0 aromatic heterocycles. The fourth-order valence-corrected chi connectivity index (χ4v) is 2.84. The zero-order valence-corrected chi connectivity index (χ0v) is 17.2. The molecular weight excluding hydrogens is 391 g/mol. The standard InChI is InChI=1S/C20H34F3NO5/c1-16(29-19(28)20(21,22)23)12-10-8-6-4-2-3-5-7-9-11-13-17(25)24-15-14-18(26)27/h16H,2-15H2,1H3,(H,24,25)(H,26,27). The van der Waals surface area contributed by atoms with Crippen molar-refractivity contribution in [2.75, 3.05) is 6.54 Å². The molecule has 0 aliphatic carbocycles. The van der Waals surface area contributed by atoms with E-state index in [4.69, 9.17) is 5.11 Å². The third-order valence-corrected chi connectivity index (χ3v) is 4.47. The van der Waals surface area contributed by atoms with Crippen molar-refractivity contribution >= 4 is 17.8 Å². The Morgan fingerprint density at radius 2 is 1.34 bits per heavy atom. The molecule has 0 spiro atoms. The summed E-state index contributed by atoms with van der Waals surface area (Å²) in [5, 5.41) is 11.1. The number of carboxylic acid groups (broad SMARTS) is 1. The summed E-state index contributed by atoms with van der Waals surface area (Å²) in [6, 6.07) is 0. The lowest BCUT2D eigenvalue weighted by Gasteiger charge is -2.14. The number of nitrogens with one attached hydrogen (secondary N) is 1. The van der Waals surface area contributed by atoms with Gasteiger partial charge in [-0.25, -0.2) is 4.79 Å². The molecule has 0 aliphatic heterocycles. The fraction of sp³-hybridized carbons (Fsp3) is 0.850. The highest BCUT2D eigenvalue weighted by atomic mass is 19.4. The molecule has 170 valence electrons. The van der Waals surface area contributed by atoms with Crippen LogP contribution in [0, 0.1) is 0 Å². The van der Waals surface area contributed by atoms with Crippen molar-refractivity contribution in [2.24, 2.45) is 0 Å². The van der Waals surface area contributed by atoms with Crippen LogP contribution in [0.2, 0.25) is 0 Å². The van der Waals surface area contributed by atoms with Gasteiger partial charge in [0.25, 0.3) is 0 Å². The Morgan fingerprint density at radius 1 is 0.862 bits per heavy atom. The van der Waals surface area contributed by atoms with E-state index in [1.54, 1.807) is 0 Å². The molecule has 1 amide bonds. The second kappa shape index (κ2) is 16.0. The Hall–Kier alpha value is -1.80. The lowest BCUT2D eigenvalue weighted by molar-refractivity contribution is -0.204. The number of unbranched alkanes of at least 4 members (excludes halogenated alkanes) is 9. The van der Waals surface area contributed by atoms with E-state index in [2.05, 4.69) is 10.1 Å². The largest absolute Gasteiger partial charge is 0.490 e. The Bertz CT molecular complexity index is 483. The molecule has 0 aromatic rings. The highest BCUT2D eigenvalue weighted by Crippen LogP contribution is 2.19. The van der Waals surface area contributed by atoms with Crippen molar-refractivity contribution in [1.29, 1.82) is 0 Å². The molecule has 29 heavy (non-hydrogen) atoms. The van der Waals surface area contributed by atoms with E-state index >= 15 is 0 Å². The van der Waals surface area contributed by atoms with Crippen LogP contribution in [0.25, 0.3) is 0 Å². The maximum Gasteiger partial charge on any atom is 0.490 e. The smallest absolute Gasteiger partial charge is 0.481 e. The van der Waals surface area contributed by atoms with Crippen molar-refractivity contribution < 1.29 is 37.4 Å². The first-order valence-electron chi connectivity index (χ1n) is 10.4. The number of halogens is 3. The van der Waals surface area contributed by atoms with Gasteiger partial charge in [-0.1, -0.05) is 51.4 Å². The summed E-state index contributed by atoms with van der Waals surface area (Å²) in [6.45, 7) is 1.65. The molecular formula is C20H34F3NO5. The van der Waals surface area contributed by atoms with E-state index in [1.807, 2.05) is 0 Å². The van der Waals surface area contributed by atoms with Gasteiger partial charge < -0.3 is 15.2 Å². The number of carbonyl (C=O) groups is 3. The van der Waals surface area contributed by atoms with E-state index in [0.29, 0.717) is 12.8 Å². The fourth-order valence-electron chi connectivity index (χ4n) is 2.84. The van der Waals surface area contributed by atoms with Gasteiger partial charge in [0.05, 0.1) is 12.5 Å². The van der Waals surface area contributed by atoms with E-state index in [1.165, 1.54) is 6.92 Å². The molecule has 0 bridgehead atoms. The number of rotatable bonds is 17. The summed E-state index contributed by atoms with van der Waals surface area (Å²) in [5.41, 5.74) is 0. The van der Waals surface area contributed by atoms with Crippen LogP contribution in [-0.4, -0.2) is 41.8 Å². The molecule has 0 radical (unpaired) electrons. The Morgan fingerprint density at radius 3 is 1.83 bits per heavy atom. The Kier molecular flexibility index (Phi) is 15.1. The number of aliphatic carboxylic acids is 1. The van der Waals surface area contributed by atoms with Crippen LogP contribution in [0.1, 0.15) is 90.4 Å². The van der Waals surface area contributed by atoms with Crippen LogP contribution >= 0.6 is 0 Å². The average Bonchev–Trinajstić information content (AvgIpc) is 2.61. The lowest BCUT2D eigenvalue weighted by Crippen LogP contribution is -2.28. The second-order valence-corrected chi connectivity index (χ2v) is 7.28. The van der Waals surface area contributed by atoms with Crippen LogP contribution in [0.3, 0.4) is 0 Å². The molecule has 0 fully saturated rings. The lowest BCUT2D eigenvalue weighted by atomic mass is 10.0.